The Kier molecular flexibility index (Phi) is 6.65. The molecule has 1 aromatic carbocycles. The molecule has 29 heavy (non-hydrogen) atoms. The van der Waals surface area contributed by atoms with Crippen LogP contribution in [-0.4, -0.2) is 33.8 Å². The zero-order chi connectivity index (χ0) is 21.2. The highest BCUT2D eigenvalue weighted by Crippen LogP contribution is 2.31. The molecule has 2 N–H and O–H groups in total. The third-order valence-corrected chi connectivity index (χ3v) is 5.67. The molecule has 1 aliphatic heterocycles. The number of hydrogen-bond donors (Lipinski definition) is 2. The molecule has 9 heteroatoms. The fourth-order valence-electron chi connectivity index (χ4n) is 3.17. The maximum atomic E-state index is 12.7. The number of hydrogen-bond acceptors (Lipinski definition) is 5. The standard InChI is InChI=1S/C20H24BrClN4O3/c1-20(2,3)29-17(27)11-23-13-8-5-9-26-16(13)10-15(25-26)19(28)24-14-7-4-6-12(21)18(14)22/h4,6-7,10,13,23H,5,8-9,11H2,1-3H3,(H,24,28)/t13-/m0/s1. The van der Waals surface area contributed by atoms with E-state index in [0.717, 1.165) is 25.1 Å². The first-order chi connectivity index (χ1) is 13.6. The molecule has 0 aliphatic carbocycles. The smallest absolute Gasteiger partial charge is 0.320 e. The number of aryl methyl sites for hydroxylation is 1. The van der Waals surface area contributed by atoms with Crippen molar-refractivity contribution in [3.05, 3.63) is 45.1 Å². The van der Waals surface area contributed by atoms with Crippen molar-refractivity contribution in [3.8, 4) is 0 Å². The number of nitrogens with one attached hydrogen (secondary N) is 2. The first-order valence-electron chi connectivity index (χ1n) is 9.42. The van der Waals surface area contributed by atoms with Crippen LogP contribution in [0.2, 0.25) is 5.02 Å². The van der Waals surface area contributed by atoms with Crippen molar-refractivity contribution in [2.24, 2.45) is 0 Å². The molecule has 3 rings (SSSR count). The van der Waals surface area contributed by atoms with Gasteiger partial charge in [-0.05, 0) is 67.7 Å². The highest BCUT2D eigenvalue weighted by atomic mass is 79.9. The van der Waals surface area contributed by atoms with Gasteiger partial charge in [0.25, 0.3) is 5.91 Å². The summed E-state index contributed by atoms with van der Waals surface area (Å²) in [6.45, 7) is 6.34. The van der Waals surface area contributed by atoms with Gasteiger partial charge < -0.3 is 10.1 Å². The average Bonchev–Trinajstić information content (AvgIpc) is 3.07. The summed E-state index contributed by atoms with van der Waals surface area (Å²) in [5.74, 6) is -0.644. The van der Waals surface area contributed by atoms with Crippen LogP contribution in [0.5, 0.6) is 0 Å². The summed E-state index contributed by atoms with van der Waals surface area (Å²) in [6.07, 6.45) is 1.76. The Morgan fingerprint density at radius 2 is 2.14 bits per heavy atom. The van der Waals surface area contributed by atoms with Crippen LogP contribution in [-0.2, 0) is 16.1 Å². The van der Waals surface area contributed by atoms with E-state index in [1.165, 1.54) is 0 Å². The number of esters is 1. The maximum Gasteiger partial charge on any atom is 0.320 e. The molecule has 1 aromatic heterocycles. The number of benzene rings is 1. The Labute approximate surface area is 183 Å². The number of rotatable bonds is 5. The van der Waals surface area contributed by atoms with Crippen LogP contribution in [0.25, 0.3) is 0 Å². The molecule has 1 amide bonds. The highest BCUT2D eigenvalue weighted by molar-refractivity contribution is 9.10. The Bertz CT molecular complexity index is 923. The molecule has 2 heterocycles. The van der Waals surface area contributed by atoms with Gasteiger partial charge in [0.15, 0.2) is 5.69 Å². The Morgan fingerprint density at radius 3 is 2.86 bits per heavy atom. The predicted octanol–water partition coefficient (Wildman–Crippen LogP) is 4.32. The van der Waals surface area contributed by atoms with Crippen LogP contribution < -0.4 is 10.6 Å². The summed E-state index contributed by atoms with van der Waals surface area (Å²) < 4.78 is 7.86. The van der Waals surface area contributed by atoms with Gasteiger partial charge in [-0.1, -0.05) is 17.7 Å². The van der Waals surface area contributed by atoms with Crippen LogP contribution in [0.4, 0.5) is 5.69 Å². The normalized spacial score (nSPS) is 16.2. The summed E-state index contributed by atoms with van der Waals surface area (Å²) in [6, 6.07) is 7.01. The number of anilines is 1. The van der Waals surface area contributed by atoms with E-state index in [-0.39, 0.29) is 24.5 Å². The van der Waals surface area contributed by atoms with E-state index in [4.69, 9.17) is 16.3 Å². The molecule has 0 fully saturated rings. The first-order valence-corrected chi connectivity index (χ1v) is 10.6. The number of carbonyl (C=O) groups excluding carboxylic acids is 2. The number of ether oxygens (including phenoxy) is 1. The Morgan fingerprint density at radius 1 is 1.38 bits per heavy atom. The minimum atomic E-state index is -0.522. The molecule has 0 saturated carbocycles. The van der Waals surface area contributed by atoms with Gasteiger partial charge in [-0.3, -0.25) is 19.6 Å². The van der Waals surface area contributed by atoms with Gasteiger partial charge in [0.05, 0.1) is 22.9 Å². The van der Waals surface area contributed by atoms with Gasteiger partial charge in [0.1, 0.15) is 5.60 Å². The summed E-state index contributed by atoms with van der Waals surface area (Å²) in [5, 5.41) is 10.9. The van der Waals surface area contributed by atoms with E-state index in [9.17, 15) is 9.59 Å². The molecule has 0 spiro atoms. The summed E-state index contributed by atoms with van der Waals surface area (Å²) in [7, 11) is 0. The Hall–Kier alpha value is -1.90. The third kappa shape index (κ3) is 5.58. The van der Waals surface area contributed by atoms with Crippen molar-refractivity contribution in [1.29, 1.82) is 0 Å². The number of fused-ring (bicyclic) bond motifs is 1. The van der Waals surface area contributed by atoms with Gasteiger partial charge in [-0.15, -0.1) is 0 Å². The molecule has 0 saturated heterocycles. The highest BCUT2D eigenvalue weighted by Gasteiger charge is 2.26. The van der Waals surface area contributed by atoms with Crippen LogP contribution in [0.3, 0.4) is 0 Å². The lowest BCUT2D eigenvalue weighted by Crippen LogP contribution is -2.35. The van der Waals surface area contributed by atoms with Gasteiger partial charge in [-0.25, -0.2) is 0 Å². The lowest BCUT2D eigenvalue weighted by molar-refractivity contribution is -0.153. The monoisotopic (exact) mass is 482 g/mol. The van der Waals surface area contributed by atoms with Crippen LogP contribution in [0.15, 0.2) is 28.7 Å². The van der Waals surface area contributed by atoms with E-state index in [1.807, 2.05) is 25.5 Å². The van der Waals surface area contributed by atoms with E-state index in [1.54, 1.807) is 24.3 Å². The zero-order valence-corrected chi connectivity index (χ0v) is 18.9. The predicted molar refractivity (Wildman–Crippen MR) is 115 cm³/mol. The molecule has 0 unspecified atom stereocenters. The van der Waals surface area contributed by atoms with Crippen LogP contribution in [0.1, 0.15) is 55.8 Å². The summed E-state index contributed by atoms with van der Waals surface area (Å²) in [5.41, 5.74) is 1.18. The molecular formula is C20H24BrClN4O3. The van der Waals surface area contributed by atoms with Gasteiger partial charge >= 0.3 is 5.97 Å². The summed E-state index contributed by atoms with van der Waals surface area (Å²) >= 11 is 9.57. The van der Waals surface area contributed by atoms with E-state index in [2.05, 4.69) is 31.7 Å². The third-order valence-electron chi connectivity index (χ3n) is 4.38. The number of halogens is 2. The van der Waals surface area contributed by atoms with Crippen molar-refractivity contribution < 1.29 is 14.3 Å². The zero-order valence-electron chi connectivity index (χ0n) is 16.6. The second-order valence-corrected chi connectivity index (χ2v) is 9.13. The van der Waals surface area contributed by atoms with Crippen LogP contribution in [0, 0.1) is 0 Å². The lowest BCUT2D eigenvalue weighted by atomic mass is 10.0. The van der Waals surface area contributed by atoms with E-state index in [0.29, 0.717) is 20.9 Å². The largest absolute Gasteiger partial charge is 0.459 e. The number of aromatic nitrogens is 2. The van der Waals surface area contributed by atoms with Crippen molar-refractivity contribution in [3.63, 3.8) is 0 Å². The first kappa shape index (κ1) is 21.8. The average molecular weight is 484 g/mol. The topological polar surface area (TPSA) is 85.2 Å². The second kappa shape index (κ2) is 8.85. The Balaban J connectivity index is 1.69. The van der Waals surface area contributed by atoms with E-state index >= 15 is 0 Å². The van der Waals surface area contributed by atoms with Gasteiger partial charge in [-0.2, -0.15) is 5.10 Å². The quantitative estimate of drug-likeness (QED) is 0.619. The minimum absolute atomic E-state index is 0.0697. The van der Waals surface area contributed by atoms with Crippen LogP contribution >= 0.6 is 27.5 Å². The molecule has 2 aromatic rings. The maximum absolute atomic E-state index is 12.7. The fraction of sp³-hybridized carbons (Fsp3) is 0.450. The minimum Gasteiger partial charge on any atom is -0.459 e. The lowest BCUT2D eigenvalue weighted by Gasteiger charge is -2.25. The number of carbonyl (C=O) groups is 2. The van der Waals surface area contributed by atoms with Crippen molar-refractivity contribution in [2.75, 3.05) is 11.9 Å². The molecular weight excluding hydrogens is 460 g/mol. The molecule has 156 valence electrons. The second-order valence-electron chi connectivity index (χ2n) is 7.90. The number of amides is 1. The summed E-state index contributed by atoms with van der Waals surface area (Å²) in [4.78, 5) is 24.7. The molecule has 0 radical (unpaired) electrons. The molecule has 0 bridgehead atoms. The molecule has 7 nitrogen and oxygen atoms in total. The fourth-order valence-corrected chi connectivity index (χ4v) is 3.71. The van der Waals surface area contributed by atoms with Crippen molar-refractivity contribution in [1.82, 2.24) is 15.1 Å². The van der Waals surface area contributed by atoms with Crippen molar-refractivity contribution >= 4 is 45.1 Å². The number of nitrogens with zero attached hydrogens (tertiary/aromatic N) is 2. The van der Waals surface area contributed by atoms with E-state index < -0.39 is 5.60 Å². The molecule has 1 atom stereocenters. The van der Waals surface area contributed by atoms with Gasteiger partial charge in [0.2, 0.25) is 0 Å². The SMILES string of the molecule is CC(C)(C)OC(=O)CN[C@H]1CCCn2nc(C(=O)Nc3cccc(Br)c3Cl)cc21. The van der Waals surface area contributed by atoms with Crippen molar-refractivity contribution in [2.45, 2.75) is 51.8 Å². The molecule has 1 aliphatic rings. The van der Waals surface area contributed by atoms with Gasteiger partial charge in [0, 0.05) is 17.1 Å².